The minimum absolute atomic E-state index is 0.126. The minimum atomic E-state index is -3.63. The minimum Gasteiger partial charge on any atom is -0.472 e. The Labute approximate surface area is 132 Å². The second-order valence-corrected chi connectivity index (χ2v) is 7.26. The lowest BCUT2D eigenvalue weighted by molar-refractivity contribution is 0.450. The number of hydrogen-bond donors (Lipinski definition) is 1. The monoisotopic (exact) mass is 376 g/mol. The summed E-state index contributed by atoms with van der Waals surface area (Å²) in [6.07, 6.45) is 3.03. The zero-order valence-electron chi connectivity index (χ0n) is 11.8. The molecule has 21 heavy (non-hydrogen) atoms. The molecule has 0 amide bonds. The first-order valence-corrected chi connectivity index (χ1v) is 8.64. The molecule has 0 saturated carbocycles. The van der Waals surface area contributed by atoms with Gasteiger partial charge in [0.2, 0.25) is 10.0 Å². The van der Waals surface area contributed by atoms with Gasteiger partial charge in [0.25, 0.3) is 0 Å². The molecule has 2 heterocycles. The highest BCUT2D eigenvalue weighted by Crippen LogP contribution is 2.29. The van der Waals surface area contributed by atoms with Crippen molar-refractivity contribution in [3.8, 4) is 0 Å². The van der Waals surface area contributed by atoms with E-state index in [4.69, 9.17) is 8.83 Å². The third-order valence-electron chi connectivity index (χ3n) is 2.93. The second-order valence-electron chi connectivity index (χ2n) is 4.52. The Kier molecular flexibility index (Phi) is 5.26. The lowest BCUT2D eigenvalue weighted by atomic mass is 10.3. The van der Waals surface area contributed by atoms with E-state index in [0.29, 0.717) is 12.3 Å². The van der Waals surface area contributed by atoms with E-state index in [1.54, 1.807) is 6.07 Å². The molecular formula is C13H17BrN2O4S. The molecule has 1 N–H and O–H groups in total. The van der Waals surface area contributed by atoms with E-state index in [1.165, 1.54) is 29.9 Å². The predicted octanol–water partition coefficient (Wildman–Crippen LogP) is 2.57. The molecule has 2 aromatic heterocycles. The van der Waals surface area contributed by atoms with Crippen molar-refractivity contribution >= 4 is 26.0 Å². The number of furan rings is 2. The van der Waals surface area contributed by atoms with Gasteiger partial charge in [-0.2, -0.15) is 4.31 Å². The van der Waals surface area contributed by atoms with Gasteiger partial charge < -0.3 is 14.2 Å². The summed E-state index contributed by atoms with van der Waals surface area (Å²) in [5.74, 6) is 0.569. The topological polar surface area (TPSA) is 75.7 Å². The van der Waals surface area contributed by atoms with Crippen molar-refractivity contribution in [2.24, 2.45) is 0 Å². The number of hydrogen-bond acceptors (Lipinski definition) is 5. The van der Waals surface area contributed by atoms with Gasteiger partial charge >= 0.3 is 0 Å². The molecule has 0 aliphatic rings. The first-order chi connectivity index (χ1) is 9.95. The van der Waals surface area contributed by atoms with Gasteiger partial charge in [0.15, 0.2) is 4.67 Å². The lowest BCUT2D eigenvalue weighted by Gasteiger charge is -2.15. The summed E-state index contributed by atoms with van der Waals surface area (Å²) in [4.78, 5) is 0.126. The van der Waals surface area contributed by atoms with Crippen molar-refractivity contribution in [3.63, 3.8) is 0 Å². The van der Waals surface area contributed by atoms with Crippen LogP contribution in [0.5, 0.6) is 0 Å². The molecule has 0 aliphatic heterocycles. The Morgan fingerprint density at radius 2 is 2.19 bits per heavy atom. The van der Waals surface area contributed by atoms with E-state index >= 15 is 0 Å². The quantitative estimate of drug-likeness (QED) is 0.803. The molecule has 8 heteroatoms. The average Bonchev–Trinajstić information content (AvgIpc) is 3.06. The molecule has 0 aromatic carbocycles. The van der Waals surface area contributed by atoms with E-state index in [1.807, 2.05) is 6.92 Å². The van der Waals surface area contributed by atoms with Gasteiger partial charge in [0.1, 0.15) is 10.7 Å². The van der Waals surface area contributed by atoms with Gasteiger partial charge in [0, 0.05) is 25.2 Å². The summed E-state index contributed by atoms with van der Waals surface area (Å²) < 4.78 is 36.9. The molecular weight excluding hydrogens is 360 g/mol. The third kappa shape index (κ3) is 3.76. The summed E-state index contributed by atoms with van der Waals surface area (Å²) in [6, 6.07) is 3.26. The van der Waals surface area contributed by atoms with Crippen molar-refractivity contribution in [1.29, 1.82) is 0 Å². The summed E-state index contributed by atoms with van der Waals surface area (Å²) in [5, 5.41) is 3.09. The Bertz CT molecular complexity index is 679. The van der Waals surface area contributed by atoms with Gasteiger partial charge in [-0.15, -0.1) is 0 Å². The maximum absolute atomic E-state index is 12.6. The third-order valence-corrected chi connectivity index (χ3v) is 5.59. The van der Waals surface area contributed by atoms with E-state index < -0.39 is 10.0 Å². The zero-order chi connectivity index (χ0) is 15.5. The highest BCUT2D eigenvalue weighted by Gasteiger charge is 2.27. The summed E-state index contributed by atoms with van der Waals surface area (Å²) >= 11 is 3.17. The number of nitrogens with zero attached hydrogens (tertiary/aromatic N) is 1. The number of sulfonamides is 1. The van der Waals surface area contributed by atoms with E-state index in [9.17, 15) is 8.42 Å². The Balaban J connectivity index is 2.20. The highest BCUT2D eigenvalue weighted by molar-refractivity contribution is 9.10. The molecule has 0 spiro atoms. The van der Waals surface area contributed by atoms with Crippen LogP contribution < -0.4 is 5.32 Å². The standard InChI is InChI=1S/C13H17BrN2O4S/c1-3-15-7-11-6-12(13(14)20-11)21(17,18)16(2)8-10-4-5-19-9-10/h4-6,9,15H,3,7-8H2,1-2H3. The number of rotatable bonds is 7. The van der Waals surface area contributed by atoms with Crippen molar-refractivity contribution in [2.75, 3.05) is 13.6 Å². The van der Waals surface area contributed by atoms with Crippen LogP contribution in [0, 0.1) is 0 Å². The SMILES string of the molecule is CCNCc1cc(S(=O)(=O)N(C)Cc2ccoc2)c(Br)o1. The summed E-state index contributed by atoms with van der Waals surface area (Å²) in [7, 11) is -2.11. The van der Waals surface area contributed by atoms with Gasteiger partial charge in [-0.25, -0.2) is 8.42 Å². The van der Waals surface area contributed by atoms with Crippen LogP contribution in [-0.4, -0.2) is 26.3 Å². The molecule has 0 saturated heterocycles. The van der Waals surface area contributed by atoms with Crippen molar-refractivity contribution < 1.29 is 17.3 Å². The molecule has 0 fully saturated rings. The van der Waals surface area contributed by atoms with Crippen molar-refractivity contribution in [1.82, 2.24) is 9.62 Å². The maximum atomic E-state index is 12.6. The first kappa shape index (κ1) is 16.3. The number of nitrogens with one attached hydrogen (secondary N) is 1. The Morgan fingerprint density at radius 1 is 1.43 bits per heavy atom. The maximum Gasteiger partial charge on any atom is 0.247 e. The molecule has 0 atom stereocenters. The first-order valence-electron chi connectivity index (χ1n) is 6.41. The molecule has 0 unspecified atom stereocenters. The van der Waals surface area contributed by atoms with Gasteiger partial charge in [-0.1, -0.05) is 6.92 Å². The van der Waals surface area contributed by atoms with E-state index in [-0.39, 0.29) is 16.1 Å². The van der Waals surface area contributed by atoms with Crippen LogP contribution in [0.1, 0.15) is 18.2 Å². The van der Waals surface area contributed by atoms with Crippen LogP contribution in [-0.2, 0) is 23.1 Å². The molecule has 0 radical (unpaired) electrons. The Hall–Kier alpha value is -1.09. The van der Waals surface area contributed by atoms with E-state index in [2.05, 4.69) is 21.2 Å². The van der Waals surface area contributed by atoms with Crippen molar-refractivity contribution in [2.45, 2.75) is 24.9 Å². The normalized spacial score (nSPS) is 12.2. The van der Waals surface area contributed by atoms with Gasteiger partial charge in [0.05, 0.1) is 19.1 Å². The molecule has 0 bridgehead atoms. The number of halogens is 1. The zero-order valence-corrected chi connectivity index (χ0v) is 14.2. The fourth-order valence-electron chi connectivity index (χ4n) is 1.80. The second kappa shape index (κ2) is 6.78. The molecule has 2 aromatic rings. The fraction of sp³-hybridized carbons (Fsp3) is 0.385. The van der Waals surface area contributed by atoms with Crippen LogP contribution in [0.4, 0.5) is 0 Å². The van der Waals surface area contributed by atoms with Crippen LogP contribution in [0.15, 0.2) is 43.1 Å². The van der Waals surface area contributed by atoms with Gasteiger partial charge in [-0.3, -0.25) is 0 Å². The van der Waals surface area contributed by atoms with Crippen LogP contribution in [0.3, 0.4) is 0 Å². The molecule has 2 rings (SSSR count). The largest absolute Gasteiger partial charge is 0.472 e. The fourth-order valence-corrected chi connectivity index (χ4v) is 3.92. The lowest BCUT2D eigenvalue weighted by Crippen LogP contribution is -2.26. The van der Waals surface area contributed by atoms with Crippen molar-refractivity contribution in [3.05, 3.63) is 40.7 Å². The smallest absolute Gasteiger partial charge is 0.247 e. The van der Waals surface area contributed by atoms with E-state index in [0.717, 1.165) is 12.1 Å². The molecule has 6 nitrogen and oxygen atoms in total. The summed E-state index contributed by atoms with van der Waals surface area (Å²) in [5.41, 5.74) is 0.786. The predicted molar refractivity (Wildman–Crippen MR) is 81.1 cm³/mol. The van der Waals surface area contributed by atoms with Crippen LogP contribution >= 0.6 is 15.9 Å². The molecule has 116 valence electrons. The van der Waals surface area contributed by atoms with Crippen LogP contribution in [0.25, 0.3) is 0 Å². The summed E-state index contributed by atoms with van der Waals surface area (Å²) in [6.45, 7) is 3.46. The van der Waals surface area contributed by atoms with Gasteiger partial charge in [-0.05, 0) is 28.5 Å². The Morgan fingerprint density at radius 3 is 2.81 bits per heavy atom. The van der Waals surface area contributed by atoms with Crippen LogP contribution in [0.2, 0.25) is 0 Å². The molecule has 0 aliphatic carbocycles. The highest BCUT2D eigenvalue weighted by atomic mass is 79.9. The average molecular weight is 377 g/mol.